The topological polar surface area (TPSA) is 114 Å². The lowest BCUT2D eigenvalue weighted by Gasteiger charge is -2.14. The van der Waals surface area contributed by atoms with Gasteiger partial charge in [0, 0.05) is 23.5 Å². The number of aromatic hydroxyl groups is 1. The van der Waals surface area contributed by atoms with Crippen molar-refractivity contribution in [2.24, 2.45) is 0 Å². The van der Waals surface area contributed by atoms with Crippen LogP contribution in [0.25, 0.3) is 0 Å². The minimum atomic E-state index is -0.998. The van der Waals surface area contributed by atoms with Crippen LogP contribution in [0.1, 0.15) is 51.8 Å². The molecule has 162 valence electrons. The summed E-state index contributed by atoms with van der Waals surface area (Å²) in [5.74, 6) is 0.670. The Kier molecular flexibility index (Phi) is 6.15. The van der Waals surface area contributed by atoms with Gasteiger partial charge in [-0.25, -0.2) is 0 Å². The quantitative estimate of drug-likeness (QED) is 0.588. The molecule has 4 heterocycles. The molecule has 5 rings (SSSR count). The number of rotatable bonds is 3. The third kappa shape index (κ3) is 4.38. The van der Waals surface area contributed by atoms with E-state index < -0.39 is 12.6 Å². The predicted molar refractivity (Wildman–Crippen MR) is 110 cm³/mol. The van der Waals surface area contributed by atoms with Gasteiger partial charge in [0.05, 0.1) is 35.7 Å². The van der Waals surface area contributed by atoms with Gasteiger partial charge in [-0.3, -0.25) is 9.97 Å². The monoisotopic (exact) mass is 424 g/mol. The average Bonchev–Trinajstić information content (AvgIpc) is 3.34. The van der Waals surface area contributed by atoms with Crippen molar-refractivity contribution in [1.29, 1.82) is 0 Å². The van der Waals surface area contributed by atoms with Crippen LogP contribution in [0.4, 0.5) is 0 Å². The summed E-state index contributed by atoms with van der Waals surface area (Å²) in [6.07, 6.45) is 1.43. The lowest BCUT2D eigenvalue weighted by molar-refractivity contribution is -0.0930. The van der Waals surface area contributed by atoms with Crippen molar-refractivity contribution in [3.63, 3.8) is 0 Å². The molecule has 0 saturated carbocycles. The molecule has 8 heteroatoms. The molecule has 0 amide bonds. The fraction of sp³-hybridized carbons (Fsp3) is 0.304. The smallest absolute Gasteiger partial charge is 0.185 e. The first-order valence-corrected chi connectivity index (χ1v) is 9.87. The third-order valence-corrected chi connectivity index (χ3v) is 5.20. The first kappa shape index (κ1) is 21.2. The van der Waals surface area contributed by atoms with Crippen LogP contribution < -0.4 is 4.74 Å². The summed E-state index contributed by atoms with van der Waals surface area (Å²) in [6.45, 7) is 4.70. The van der Waals surface area contributed by atoms with Gasteiger partial charge in [0.25, 0.3) is 0 Å². The minimum absolute atomic E-state index is 0.0394. The molecule has 0 fully saturated rings. The molecule has 2 aliphatic rings. The maximum Gasteiger partial charge on any atom is 0.185 e. The Labute approximate surface area is 179 Å². The van der Waals surface area contributed by atoms with Crippen molar-refractivity contribution in [1.82, 2.24) is 9.97 Å². The Morgan fingerprint density at radius 2 is 1.48 bits per heavy atom. The molecule has 2 aliphatic heterocycles. The number of aliphatic hydroxyl groups is 2. The highest BCUT2D eigenvalue weighted by atomic mass is 16.6. The largest absolute Gasteiger partial charge is 0.506 e. The standard InChI is InChI=1S/C15H15NO3.C8H9NO3/c1-10-14(18-8-11-5-3-2-4-6-11)13-12(7-16-10)9-19-15(13)17;1-4-7(10)6-5(2-9-4)3-12-8(6)11/h2-7,15,17H,8-9H2,1H3;2,8,10-11H,3H2,1H3. The zero-order chi connectivity index (χ0) is 22.0. The van der Waals surface area contributed by atoms with Crippen LogP contribution in [0.5, 0.6) is 11.5 Å². The van der Waals surface area contributed by atoms with E-state index >= 15 is 0 Å². The Hall–Kier alpha value is -3.04. The van der Waals surface area contributed by atoms with E-state index in [0.717, 1.165) is 22.4 Å². The average molecular weight is 424 g/mol. The highest BCUT2D eigenvalue weighted by Crippen LogP contribution is 2.38. The SMILES string of the molecule is Cc1ncc2c(c1O)C(O)OC2.Cc1ncc2c(c1OCc1ccccc1)C(O)OC2. The Balaban J connectivity index is 0.000000166. The van der Waals surface area contributed by atoms with Crippen LogP contribution in [-0.2, 0) is 29.3 Å². The van der Waals surface area contributed by atoms with E-state index in [4.69, 9.17) is 14.2 Å². The molecule has 8 nitrogen and oxygen atoms in total. The molecule has 2 unspecified atom stereocenters. The van der Waals surface area contributed by atoms with Gasteiger partial charge in [0.2, 0.25) is 0 Å². The van der Waals surface area contributed by atoms with Crippen molar-refractivity contribution >= 4 is 0 Å². The summed E-state index contributed by atoms with van der Waals surface area (Å²) in [5, 5.41) is 28.6. The van der Waals surface area contributed by atoms with E-state index in [-0.39, 0.29) is 5.75 Å². The third-order valence-electron chi connectivity index (χ3n) is 5.20. The summed E-state index contributed by atoms with van der Waals surface area (Å²) in [5.41, 5.74) is 5.17. The number of aliphatic hydroxyl groups excluding tert-OH is 2. The van der Waals surface area contributed by atoms with Gasteiger partial charge in [-0.2, -0.15) is 0 Å². The van der Waals surface area contributed by atoms with Gasteiger partial charge in [-0.15, -0.1) is 0 Å². The molecule has 3 N–H and O–H groups in total. The van der Waals surface area contributed by atoms with Gasteiger partial charge in [-0.05, 0) is 19.4 Å². The Morgan fingerprint density at radius 3 is 2.16 bits per heavy atom. The van der Waals surface area contributed by atoms with E-state index in [0.29, 0.717) is 42.4 Å². The number of hydrogen-bond acceptors (Lipinski definition) is 8. The van der Waals surface area contributed by atoms with Gasteiger partial charge >= 0.3 is 0 Å². The molecule has 3 aromatic rings. The molecule has 0 saturated heterocycles. The van der Waals surface area contributed by atoms with Crippen molar-refractivity contribution in [3.05, 3.63) is 81.9 Å². The summed E-state index contributed by atoms with van der Waals surface area (Å²) in [6, 6.07) is 9.90. The van der Waals surface area contributed by atoms with E-state index in [2.05, 4.69) is 9.97 Å². The molecule has 0 spiro atoms. The zero-order valence-corrected chi connectivity index (χ0v) is 17.3. The highest BCUT2D eigenvalue weighted by Gasteiger charge is 2.27. The zero-order valence-electron chi connectivity index (χ0n) is 17.3. The van der Waals surface area contributed by atoms with E-state index in [1.54, 1.807) is 19.3 Å². The molecule has 2 atom stereocenters. The first-order valence-electron chi connectivity index (χ1n) is 9.87. The lowest BCUT2D eigenvalue weighted by atomic mass is 10.1. The second kappa shape index (κ2) is 8.99. The number of fused-ring (bicyclic) bond motifs is 2. The normalized spacial score (nSPS) is 18.7. The van der Waals surface area contributed by atoms with Crippen LogP contribution in [0, 0.1) is 13.8 Å². The molecule has 0 aliphatic carbocycles. The van der Waals surface area contributed by atoms with E-state index in [1.165, 1.54) is 0 Å². The molecule has 0 radical (unpaired) electrons. The number of hydrogen-bond donors (Lipinski definition) is 3. The van der Waals surface area contributed by atoms with E-state index in [9.17, 15) is 15.3 Å². The molecular weight excluding hydrogens is 400 g/mol. The highest BCUT2D eigenvalue weighted by molar-refractivity contribution is 5.44. The fourth-order valence-electron chi connectivity index (χ4n) is 3.49. The van der Waals surface area contributed by atoms with Crippen molar-refractivity contribution in [2.75, 3.05) is 0 Å². The summed E-state index contributed by atoms with van der Waals surface area (Å²) in [4.78, 5) is 8.23. The van der Waals surface area contributed by atoms with Crippen LogP contribution in [0.3, 0.4) is 0 Å². The maximum absolute atomic E-state index is 9.85. The molecule has 0 bridgehead atoms. The van der Waals surface area contributed by atoms with Gasteiger partial charge < -0.3 is 29.5 Å². The first-order chi connectivity index (χ1) is 15.0. The number of aromatic nitrogens is 2. The number of nitrogens with zero attached hydrogens (tertiary/aromatic N) is 2. The summed E-state index contributed by atoms with van der Waals surface area (Å²) in [7, 11) is 0. The number of benzene rings is 1. The Bertz CT molecular complexity index is 1070. The minimum Gasteiger partial charge on any atom is -0.506 e. The fourth-order valence-corrected chi connectivity index (χ4v) is 3.49. The molecular formula is C23H24N2O6. The van der Waals surface area contributed by atoms with Crippen LogP contribution in [0.2, 0.25) is 0 Å². The molecule has 2 aromatic heterocycles. The second-order valence-corrected chi connectivity index (χ2v) is 7.34. The lowest BCUT2D eigenvalue weighted by Crippen LogP contribution is -2.04. The van der Waals surface area contributed by atoms with Crippen LogP contribution in [-0.4, -0.2) is 25.3 Å². The maximum atomic E-state index is 9.85. The van der Waals surface area contributed by atoms with E-state index in [1.807, 2.05) is 37.3 Å². The van der Waals surface area contributed by atoms with Crippen molar-refractivity contribution in [2.45, 2.75) is 46.2 Å². The van der Waals surface area contributed by atoms with Crippen molar-refractivity contribution in [3.8, 4) is 11.5 Å². The van der Waals surface area contributed by atoms with Crippen LogP contribution in [0.15, 0.2) is 42.7 Å². The predicted octanol–water partition coefficient (Wildman–Crippen LogP) is 3.11. The number of pyridine rings is 2. The summed E-state index contributed by atoms with van der Waals surface area (Å²) >= 11 is 0. The van der Waals surface area contributed by atoms with Crippen molar-refractivity contribution < 1.29 is 29.5 Å². The molecule has 1 aromatic carbocycles. The number of ether oxygens (including phenoxy) is 3. The second-order valence-electron chi connectivity index (χ2n) is 7.34. The van der Waals surface area contributed by atoms with Gasteiger partial charge in [0.1, 0.15) is 18.1 Å². The Morgan fingerprint density at radius 1 is 0.903 bits per heavy atom. The number of aryl methyl sites for hydroxylation is 2. The summed E-state index contributed by atoms with van der Waals surface area (Å²) < 4.78 is 16.0. The molecule has 31 heavy (non-hydrogen) atoms. The van der Waals surface area contributed by atoms with Gasteiger partial charge in [-0.1, -0.05) is 30.3 Å². The van der Waals surface area contributed by atoms with Crippen LogP contribution >= 0.6 is 0 Å². The van der Waals surface area contributed by atoms with Gasteiger partial charge in [0.15, 0.2) is 12.6 Å².